The van der Waals surface area contributed by atoms with Crippen molar-refractivity contribution in [3.63, 3.8) is 0 Å². The van der Waals surface area contributed by atoms with Crippen LogP contribution in [0.2, 0.25) is 5.02 Å². The van der Waals surface area contributed by atoms with Gasteiger partial charge in [0.05, 0.1) is 38.2 Å². The van der Waals surface area contributed by atoms with E-state index in [9.17, 15) is 14.7 Å². The van der Waals surface area contributed by atoms with Crippen molar-refractivity contribution in [2.24, 2.45) is 5.10 Å². The molecule has 2 heterocycles. The average molecular weight is 351 g/mol. The average Bonchev–Trinajstić information content (AvgIpc) is 2.57. The third-order valence-electron chi connectivity index (χ3n) is 3.54. The van der Waals surface area contributed by atoms with Crippen LogP contribution in [-0.4, -0.2) is 52.2 Å². The van der Waals surface area contributed by atoms with E-state index in [0.717, 1.165) is 4.57 Å². The lowest BCUT2D eigenvalue weighted by Gasteiger charge is -2.23. The molecule has 0 bridgehead atoms. The van der Waals surface area contributed by atoms with E-state index >= 15 is 0 Å². The van der Waals surface area contributed by atoms with Gasteiger partial charge >= 0.3 is 5.69 Å². The number of morpholine rings is 1. The molecule has 0 unspecified atom stereocenters. The fraction of sp³-hybridized carbons (Fsp3) is 0.267. The first-order chi connectivity index (χ1) is 11.6. The number of nitrogens with zero attached hydrogens (tertiary/aromatic N) is 3. The van der Waals surface area contributed by atoms with E-state index in [4.69, 9.17) is 16.3 Å². The second kappa shape index (κ2) is 6.90. The highest BCUT2D eigenvalue weighted by Gasteiger charge is 2.15. The van der Waals surface area contributed by atoms with E-state index in [-0.39, 0.29) is 5.56 Å². The number of halogens is 1. The number of aromatic nitrogens is 2. The first-order valence-corrected chi connectivity index (χ1v) is 7.65. The molecule has 3 rings (SSSR count). The summed E-state index contributed by atoms with van der Waals surface area (Å²) in [5.74, 6) is -0.483. The Morgan fingerprint density at radius 1 is 1.21 bits per heavy atom. The molecule has 0 amide bonds. The van der Waals surface area contributed by atoms with Crippen molar-refractivity contribution in [3.8, 4) is 11.6 Å². The van der Waals surface area contributed by atoms with Crippen LogP contribution < -0.4 is 11.2 Å². The fourth-order valence-corrected chi connectivity index (χ4v) is 2.42. The van der Waals surface area contributed by atoms with Crippen molar-refractivity contribution in [1.82, 2.24) is 14.6 Å². The van der Waals surface area contributed by atoms with Gasteiger partial charge in [0.2, 0.25) is 5.88 Å². The van der Waals surface area contributed by atoms with Crippen molar-refractivity contribution >= 4 is 17.8 Å². The molecular weight excluding hydrogens is 336 g/mol. The number of aromatic hydroxyl groups is 1. The maximum absolute atomic E-state index is 12.0. The normalized spacial score (nSPS) is 15.1. The van der Waals surface area contributed by atoms with Crippen molar-refractivity contribution in [2.45, 2.75) is 0 Å². The molecule has 1 aliphatic heterocycles. The summed E-state index contributed by atoms with van der Waals surface area (Å²) in [6.45, 7) is 2.27. The zero-order valence-corrected chi connectivity index (χ0v) is 13.4. The maximum Gasteiger partial charge on any atom is 0.335 e. The van der Waals surface area contributed by atoms with Gasteiger partial charge in [-0.3, -0.25) is 14.8 Å². The number of hydrazone groups is 1. The van der Waals surface area contributed by atoms with Gasteiger partial charge in [-0.2, -0.15) is 5.10 Å². The zero-order valence-electron chi connectivity index (χ0n) is 12.6. The van der Waals surface area contributed by atoms with Gasteiger partial charge in [-0.1, -0.05) is 11.6 Å². The van der Waals surface area contributed by atoms with Crippen LogP contribution in [0.5, 0.6) is 5.88 Å². The van der Waals surface area contributed by atoms with Crippen LogP contribution in [0.15, 0.2) is 39.0 Å². The molecule has 0 radical (unpaired) electrons. The second-order valence-electron chi connectivity index (χ2n) is 5.12. The van der Waals surface area contributed by atoms with E-state index in [1.807, 2.05) is 0 Å². The molecule has 2 aromatic rings. The van der Waals surface area contributed by atoms with Gasteiger partial charge in [-0.25, -0.2) is 9.36 Å². The quantitative estimate of drug-likeness (QED) is 0.787. The van der Waals surface area contributed by atoms with Crippen LogP contribution in [0.25, 0.3) is 5.69 Å². The standard InChI is InChI=1S/C15H15ClN4O4/c16-10-1-3-11(4-2-10)20-14(22)12(13(21)18-15(20)23)9-17-19-5-7-24-8-6-19/h1-4,9,22H,5-8H2,(H,18,21,23)/b17-9+. The summed E-state index contributed by atoms with van der Waals surface area (Å²) in [5, 5.41) is 16.8. The number of hydrogen-bond acceptors (Lipinski definition) is 6. The molecule has 0 saturated carbocycles. The zero-order chi connectivity index (χ0) is 17.1. The summed E-state index contributed by atoms with van der Waals surface area (Å²) >= 11 is 5.83. The predicted molar refractivity (Wildman–Crippen MR) is 89.3 cm³/mol. The van der Waals surface area contributed by atoms with Gasteiger partial charge in [0.25, 0.3) is 5.56 Å². The smallest absolute Gasteiger partial charge is 0.335 e. The predicted octanol–water partition coefficient (Wildman–Crippen LogP) is 0.551. The maximum atomic E-state index is 12.0. The molecule has 1 aromatic carbocycles. The first kappa shape index (κ1) is 16.3. The Kier molecular flexibility index (Phi) is 4.68. The minimum atomic E-state index is -0.747. The molecule has 0 aliphatic carbocycles. The first-order valence-electron chi connectivity index (χ1n) is 7.27. The summed E-state index contributed by atoms with van der Waals surface area (Å²) in [7, 11) is 0. The molecule has 1 fully saturated rings. The highest BCUT2D eigenvalue weighted by atomic mass is 35.5. The molecule has 2 N–H and O–H groups in total. The molecule has 126 valence electrons. The molecule has 1 aromatic heterocycles. The van der Waals surface area contributed by atoms with E-state index in [0.29, 0.717) is 37.0 Å². The summed E-state index contributed by atoms with van der Waals surface area (Å²) in [4.78, 5) is 26.2. The minimum absolute atomic E-state index is 0.101. The number of benzene rings is 1. The molecule has 0 spiro atoms. The second-order valence-corrected chi connectivity index (χ2v) is 5.56. The molecule has 1 aliphatic rings. The summed E-state index contributed by atoms with van der Waals surface area (Å²) in [5.41, 5.74) is -1.18. The van der Waals surface area contributed by atoms with Gasteiger partial charge in [0.15, 0.2) is 0 Å². The van der Waals surface area contributed by atoms with Gasteiger partial charge in [-0.15, -0.1) is 0 Å². The highest BCUT2D eigenvalue weighted by Crippen LogP contribution is 2.17. The Bertz CT molecular complexity index is 867. The third kappa shape index (κ3) is 3.34. The van der Waals surface area contributed by atoms with Crippen LogP contribution in [0.1, 0.15) is 5.56 Å². The van der Waals surface area contributed by atoms with E-state index < -0.39 is 17.1 Å². The summed E-state index contributed by atoms with van der Waals surface area (Å²) in [6.07, 6.45) is 1.24. The van der Waals surface area contributed by atoms with Crippen molar-refractivity contribution in [2.75, 3.05) is 26.3 Å². The van der Waals surface area contributed by atoms with Crippen LogP contribution >= 0.6 is 11.6 Å². The van der Waals surface area contributed by atoms with Crippen molar-refractivity contribution in [3.05, 3.63) is 55.7 Å². The highest BCUT2D eigenvalue weighted by molar-refractivity contribution is 6.30. The molecular formula is C15H15ClN4O4. The van der Waals surface area contributed by atoms with Gasteiger partial charge in [0.1, 0.15) is 5.56 Å². The van der Waals surface area contributed by atoms with Crippen molar-refractivity contribution in [1.29, 1.82) is 0 Å². The van der Waals surface area contributed by atoms with Gasteiger partial charge in [-0.05, 0) is 24.3 Å². The summed E-state index contributed by atoms with van der Waals surface area (Å²) in [6, 6.07) is 6.28. The van der Waals surface area contributed by atoms with Gasteiger partial charge in [0, 0.05) is 5.02 Å². The number of nitrogens with one attached hydrogen (secondary N) is 1. The lowest BCUT2D eigenvalue weighted by molar-refractivity contribution is 0.0396. The number of rotatable bonds is 3. The largest absolute Gasteiger partial charge is 0.493 e. The van der Waals surface area contributed by atoms with Crippen LogP contribution in [0.4, 0.5) is 0 Å². The Morgan fingerprint density at radius 3 is 2.54 bits per heavy atom. The van der Waals surface area contributed by atoms with Crippen LogP contribution in [0.3, 0.4) is 0 Å². The van der Waals surface area contributed by atoms with Crippen LogP contribution in [0, 0.1) is 0 Å². The molecule has 24 heavy (non-hydrogen) atoms. The Morgan fingerprint density at radius 2 is 1.88 bits per heavy atom. The topological polar surface area (TPSA) is 99.9 Å². The SMILES string of the molecule is O=c1[nH]c(=O)n(-c2ccc(Cl)cc2)c(O)c1/C=N/N1CCOCC1. The van der Waals surface area contributed by atoms with E-state index in [2.05, 4.69) is 10.1 Å². The number of ether oxygens (including phenoxy) is 1. The third-order valence-corrected chi connectivity index (χ3v) is 3.80. The van der Waals surface area contributed by atoms with Crippen LogP contribution in [-0.2, 0) is 4.74 Å². The lowest BCUT2D eigenvalue weighted by atomic mass is 10.3. The Labute approximate surface area is 141 Å². The molecule has 0 atom stereocenters. The monoisotopic (exact) mass is 350 g/mol. The van der Waals surface area contributed by atoms with Crippen molar-refractivity contribution < 1.29 is 9.84 Å². The van der Waals surface area contributed by atoms with E-state index in [1.165, 1.54) is 6.21 Å². The Balaban J connectivity index is 2.02. The molecule has 1 saturated heterocycles. The Hall–Kier alpha value is -2.58. The molecule has 9 heteroatoms. The number of aromatic amines is 1. The molecule has 8 nitrogen and oxygen atoms in total. The number of H-pyrrole nitrogens is 1. The summed E-state index contributed by atoms with van der Waals surface area (Å²) < 4.78 is 6.20. The minimum Gasteiger partial charge on any atom is -0.493 e. The number of hydrogen-bond donors (Lipinski definition) is 2. The fourth-order valence-electron chi connectivity index (χ4n) is 2.29. The van der Waals surface area contributed by atoms with Gasteiger partial charge < -0.3 is 9.84 Å². The lowest BCUT2D eigenvalue weighted by Crippen LogP contribution is -2.34. The van der Waals surface area contributed by atoms with E-state index in [1.54, 1.807) is 29.3 Å².